The Morgan fingerprint density at radius 1 is 0.926 bits per heavy atom. The summed E-state index contributed by atoms with van der Waals surface area (Å²) in [7, 11) is 0. The Morgan fingerprint density at radius 3 is 2.41 bits per heavy atom. The maximum atomic E-state index is 13.2. The van der Waals surface area contributed by atoms with Crippen LogP contribution >= 0.6 is 0 Å². The lowest BCUT2D eigenvalue weighted by Crippen LogP contribution is -2.29. The third-order valence-electron chi connectivity index (χ3n) is 4.79. The Kier molecular flexibility index (Phi) is 3.21. The summed E-state index contributed by atoms with van der Waals surface area (Å²) >= 11 is 0. The minimum Gasteiger partial charge on any atom is -0.275 e. The van der Waals surface area contributed by atoms with Crippen LogP contribution in [-0.4, -0.2) is 27.0 Å². The van der Waals surface area contributed by atoms with Gasteiger partial charge in [0.1, 0.15) is 0 Å². The molecule has 1 aliphatic rings. The number of aryl methyl sites for hydroxylation is 1. The van der Waals surface area contributed by atoms with Crippen molar-refractivity contribution in [2.45, 2.75) is 6.92 Å². The largest absolute Gasteiger partial charge is 0.275 e. The Bertz CT molecular complexity index is 1210. The Labute approximate surface area is 154 Å². The van der Waals surface area contributed by atoms with Crippen LogP contribution in [-0.2, 0) is 0 Å². The number of anilines is 1. The normalized spacial score (nSPS) is 13.4. The zero-order chi connectivity index (χ0) is 18.5. The topological polar surface area (TPSA) is 79.0 Å². The van der Waals surface area contributed by atoms with Gasteiger partial charge in [-0.25, -0.2) is 9.88 Å². The van der Waals surface area contributed by atoms with E-state index in [2.05, 4.69) is 15.2 Å². The number of H-pyrrole nitrogens is 1. The van der Waals surface area contributed by atoms with Gasteiger partial charge in [-0.05, 0) is 19.1 Å². The molecule has 6 nitrogen and oxygen atoms in total. The van der Waals surface area contributed by atoms with Crippen molar-refractivity contribution in [3.8, 4) is 11.3 Å². The number of amides is 2. The predicted octanol–water partition coefficient (Wildman–Crippen LogP) is 3.73. The second-order valence-electron chi connectivity index (χ2n) is 6.49. The van der Waals surface area contributed by atoms with Crippen molar-refractivity contribution >= 4 is 28.5 Å². The van der Waals surface area contributed by atoms with Gasteiger partial charge in [0.15, 0.2) is 5.65 Å². The Morgan fingerprint density at radius 2 is 1.67 bits per heavy atom. The van der Waals surface area contributed by atoms with Gasteiger partial charge in [0.25, 0.3) is 11.8 Å². The first kappa shape index (κ1) is 15.5. The minimum atomic E-state index is -0.367. The number of carbonyl (C=O) groups excluding carboxylic acids is 2. The fraction of sp³-hybridized carbons (Fsp3) is 0.0476. The molecular formula is C21H14N4O2. The molecule has 1 aliphatic heterocycles. The molecular weight excluding hydrogens is 340 g/mol. The molecule has 2 aromatic carbocycles. The molecule has 3 heterocycles. The highest BCUT2D eigenvalue weighted by Crippen LogP contribution is 2.36. The molecule has 0 fully saturated rings. The average Bonchev–Trinajstić information content (AvgIpc) is 3.23. The Hall–Kier alpha value is -3.80. The quantitative estimate of drug-likeness (QED) is 0.556. The molecule has 6 heteroatoms. The zero-order valence-corrected chi connectivity index (χ0v) is 14.4. The number of nitrogens with zero attached hydrogens (tertiary/aromatic N) is 3. The third-order valence-corrected chi connectivity index (χ3v) is 4.79. The van der Waals surface area contributed by atoms with E-state index < -0.39 is 0 Å². The van der Waals surface area contributed by atoms with Crippen LogP contribution in [0, 0.1) is 6.92 Å². The first-order valence-corrected chi connectivity index (χ1v) is 8.53. The van der Waals surface area contributed by atoms with Gasteiger partial charge >= 0.3 is 0 Å². The molecule has 4 aromatic rings. The van der Waals surface area contributed by atoms with Crippen LogP contribution < -0.4 is 4.90 Å². The van der Waals surface area contributed by atoms with Crippen LogP contribution in [0.25, 0.3) is 22.3 Å². The summed E-state index contributed by atoms with van der Waals surface area (Å²) in [5.41, 5.74) is 4.22. The smallest absolute Gasteiger partial charge is 0.267 e. The maximum Gasteiger partial charge on any atom is 0.267 e. The van der Waals surface area contributed by atoms with E-state index in [1.54, 1.807) is 12.1 Å². The number of aromatic nitrogens is 3. The number of carbonyl (C=O) groups is 2. The molecule has 0 aliphatic carbocycles. The van der Waals surface area contributed by atoms with Crippen LogP contribution in [0.1, 0.15) is 26.3 Å². The molecule has 0 atom stereocenters. The van der Waals surface area contributed by atoms with Crippen LogP contribution in [0.2, 0.25) is 0 Å². The van der Waals surface area contributed by atoms with Gasteiger partial charge in [0.2, 0.25) is 0 Å². The van der Waals surface area contributed by atoms with E-state index in [0.29, 0.717) is 33.5 Å². The predicted molar refractivity (Wildman–Crippen MR) is 102 cm³/mol. The number of fused-ring (bicyclic) bond motifs is 3. The molecule has 1 N–H and O–H groups in total. The minimum absolute atomic E-state index is 0.298. The van der Waals surface area contributed by atoms with Crippen molar-refractivity contribution in [3.63, 3.8) is 0 Å². The highest BCUT2D eigenvalue weighted by Gasteiger charge is 2.39. The highest BCUT2D eigenvalue weighted by molar-refractivity contribution is 6.38. The monoisotopic (exact) mass is 354 g/mol. The van der Waals surface area contributed by atoms with Crippen molar-refractivity contribution in [2.24, 2.45) is 0 Å². The molecule has 2 aromatic heterocycles. The maximum absolute atomic E-state index is 13.2. The molecule has 0 unspecified atom stereocenters. The molecule has 0 radical (unpaired) electrons. The van der Waals surface area contributed by atoms with Gasteiger partial charge in [0.05, 0.1) is 27.9 Å². The second kappa shape index (κ2) is 5.60. The SMILES string of the molecule is Cc1ccc(N2C(=O)c3cnc4n[nH]c(-c5ccccc5)c4c3C2=O)cc1. The summed E-state index contributed by atoms with van der Waals surface area (Å²) in [6.45, 7) is 1.96. The summed E-state index contributed by atoms with van der Waals surface area (Å²) < 4.78 is 0. The van der Waals surface area contributed by atoms with Crippen molar-refractivity contribution in [2.75, 3.05) is 4.90 Å². The summed E-state index contributed by atoms with van der Waals surface area (Å²) in [6, 6.07) is 16.9. The standard InChI is InChI=1S/C21H14N4O2/c1-12-7-9-14(10-8-12)25-20(26)15-11-22-19-17(16(15)21(25)27)18(23-24-19)13-5-3-2-4-6-13/h2-11H,1H3,(H,22,23,24). The van der Waals surface area contributed by atoms with Gasteiger partial charge < -0.3 is 0 Å². The number of hydrogen-bond acceptors (Lipinski definition) is 4. The molecule has 0 bridgehead atoms. The number of pyridine rings is 1. The van der Waals surface area contributed by atoms with Gasteiger partial charge in [-0.3, -0.25) is 14.7 Å². The fourth-order valence-electron chi connectivity index (χ4n) is 3.44. The van der Waals surface area contributed by atoms with Crippen LogP contribution in [0.15, 0.2) is 60.8 Å². The van der Waals surface area contributed by atoms with E-state index in [-0.39, 0.29) is 11.8 Å². The number of rotatable bonds is 2. The zero-order valence-electron chi connectivity index (χ0n) is 14.4. The first-order chi connectivity index (χ1) is 13.1. The molecule has 0 spiro atoms. The third kappa shape index (κ3) is 2.20. The van der Waals surface area contributed by atoms with Crippen molar-refractivity contribution in [3.05, 3.63) is 77.5 Å². The number of nitrogens with one attached hydrogen (secondary N) is 1. The van der Waals surface area contributed by atoms with E-state index in [4.69, 9.17) is 0 Å². The van der Waals surface area contributed by atoms with Crippen LogP contribution in [0.4, 0.5) is 5.69 Å². The molecule has 0 saturated carbocycles. The van der Waals surface area contributed by atoms with Crippen molar-refractivity contribution in [1.29, 1.82) is 0 Å². The summed E-state index contributed by atoms with van der Waals surface area (Å²) in [5.74, 6) is -0.724. The average molecular weight is 354 g/mol. The number of aromatic amines is 1. The van der Waals surface area contributed by atoms with E-state index in [1.807, 2.05) is 49.4 Å². The van der Waals surface area contributed by atoms with E-state index >= 15 is 0 Å². The lowest BCUT2D eigenvalue weighted by molar-refractivity contribution is 0.0926. The molecule has 0 saturated heterocycles. The number of benzene rings is 2. The molecule has 130 valence electrons. The molecule has 2 amide bonds. The van der Waals surface area contributed by atoms with Crippen LogP contribution in [0.3, 0.4) is 0 Å². The van der Waals surface area contributed by atoms with Gasteiger partial charge in [0, 0.05) is 11.8 Å². The van der Waals surface area contributed by atoms with E-state index in [1.165, 1.54) is 11.1 Å². The van der Waals surface area contributed by atoms with Crippen LogP contribution in [0.5, 0.6) is 0 Å². The summed E-state index contributed by atoms with van der Waals surface area (Å²) in [4.78, 5) is 31.6. The van der Waals surface area contributed by atoms with Gasteiger partial charge in [-0.2, -0.15) is 5.10 Å². The van der Waals surface area contributed by atoms with E-state index in [0.717, 1.165) is 11.1 Å². The lowest BCUT2D eigenvalue weighted by atomic mass is 10.0. The second-order valence-corrected chi connectivity index (χ2v) is 6.49. The molecule has 5 rings (SSSR count). The fourth-order valence-corrected chi connectivity index (χ4v) is 3.44. The summed E-state index contributed by atoms with van der Waals surface area (Å²) in [6.07, 6.45) is 1.43. The Balaban J connectivity index is 1.74. The van der Waals surface area contributed by atoms with E-state index in [9.17, 15) is 9.59 Å². The highest BCUT2D eigenvalue weighted by atomic mass is 16.2. The lowest BCUT2D eigenvalue weighted by Gasteiger charge is -2.13. The first-order valence-electron chi connectivity index (χ1n) is 8.53. The van der Waals surface area contributed by atoms with Crippen molar-refractivity contribution < 1.29 is 9.59 Å². The number of hydrogen-bond donors (Lipinski definition) is 1. The van der Waals surface area contributed by atoms with Crippen molar-refractivity contribution in [1.82, 2.24) is 15.2 Å². The molecule has 27 heavy (non-hydrogen) atoms. The number of imide groups is 1. The van der Waals surface area contributed by atoms with Gasteiger partial charge in [-0.15, -0.1) is 0 Å². The van der Waals surface area contributed by atoms with Gasteiger partial charge in [-0.1, -0.05) is 48.0 Å². The summed E-state index contributed by atoms with van der Waals surface area (Å²) in [5, 5.41) is 7.76.